The third-order valence-electron chi connectivity index (χ3n) is 1.55. The molecule has 0 aliphatic heterocycles. The molecule has 1 heterocycles. The van der Waals surface area contributed by atoms with Crippen LogP contribution in [0.1, 0.15) is 17.3 Å². The summed E-state index contributed by atoms with van der Waals surface area (Å²) in [5.74, 6) is -1.50. The van der Waals surface area contributed by atoms with E-state index in [1.165, 1.54) is 24.3 Å². The van der Waals surface area contributed by atoms with Gasteiger partial charge in [-0.3, -0.25) is 9.59 Å². The number of nitrogens with one attached hydrogen (secondary N) is 1. The van der Waals surface area contributed by atoms with E-state index in [2.05, 4.69) is 5.32 Å². The summed E-state index contributed by atoms with van der Waals surface area (Å²) in [7, 11) is 0. The maximum atomic E-state index is 11.3. The first-order chi connectivity index (χ1) is 6.50. The first kappa shape index (κ1) is 11.0. The molecule has 0 saturated heterocycles. The lowest BCUT2D eigenvalue weighted by atomic mass is 10.3. The third-order valence-corrected chi connectivity index (χ3v) is 2.64. The lowest BCUT2D eigenvalue weighted by Crippen LogP contribution is -2.38. The van der Waals surface area contributed by atoms with Gasteiger partial charge in [-0.1, -0.05) is 11.6 Å². The third kappa shape index (κ3) is 2.71. The molecule has 0 aliphatic rings. The van der Waals surface area contributed by atoms with Crippen LogP contribution in [0.2, 0.25) is 4.34 Å². The summed E-state index contributed by atoms with van der Waals surface area (Å²) in [6.07, 6.45) is 0. The highest BCUT2D eigenvalue weighted by Crippen LogP contribution is 2.19. The Bertz CT molecular complexity index is 363. The predicted octanol–water partition coefficient (Wildman–Crippen LogP) is 1.60. The van der Waals surface area contributed by atoms with Crippen molar-refractivity contribution in [3.8, 4) is 0 Å². The van der Waals surface area contributed by atoms with Crippen LogP contribution < -0.4 is 5.32 Å². The standard InChI is InChI=1S/C8H8ClNO3S/c1-4(8(12)13)10-7(11)5-2-6(9)14-3-5/h2-4H,1H3,(H,10,11)(H,12,13)/t4-/m1/s1. The monoisotopic (exact) mass is 233 g/mol. The van der Waals surface area contributed by atoms with Crippen molar-refractivity contribution in [3.05, 3.63) is 21.3 Å². The zero-order valence-corrected chi connectivity index (χ0v) is 8.85. The number of halogens is 1. The van der Waals surface area contributed by atoms with Crippen molar-refractivity contribution in [1.29, 1.82) is 0 Å². The highest BCUT2D eigenvalue weighted by atomic mass is 35.5. The van der Waals surface area contributed by atoms with Crippen molar-refractivity contribution in [2.24, 2.45) is 0 Å². The molecule has 0 aromatic carbocycles. The molecule has 1 aromatic heterocycles. The zero-order chi connectivity index (χ0) is 10.7. The van der Waals surface area contributed by atoms with Crippen LogP contribution in [0, 0.1) is 0 Å². The maximum absolute atomic E-state index is 11.3. The Kier molecular flexibility index (Phi) is 3.49. The van der Waals surface area contributed by atoms with Gasteiger partial charge in [0.15, 0.2) is 0 Å². The Morgan fingerprint density at radius 3 is 2.71 bits per heavy atom. The van der Waals surface area contributed by atoms with E-state index in [1.54, 1.807) is 5.38 Å². The Balaban J connectivity index is 2.63. The van der Waals surface area contributed by atoms with Crippen LogP contribution in [0.25, 0.3) is 0 Å². The lowest BCUT2D eigenvalue weighted by Gasteiger charge is -2.07. The van der Waals surface area contributed by atoms with Crippen LogP contribution >= 0.6 is 22.9 Å². The molecular formula is C8H8ClNO3S. The molecule has 0 saturated carbocycles. The number of amides is 1. The molecule has 76 valence electrons. The number of carboxylic acid groups (broad SMARTS) is 1. The molecule has 2 N–H and O–H groups in total. The molecule has 0 bridgehead atoms. The summed E-state index contributed by atoms with van der Waals surface area (Å²) >= 11 is 6.85. The minimum Gasteiger partial charge on any atom is -0.480 e. The number of aliphatic carboxylic acids is 1. The first-order valence-corrected chi connectivity index (χ1v) is 5.04. The van der Waals surface area contributed by atoms with Crippen molar-refractivity contribution in [3.63, 3.8) is 0 Å². The summed E-state index contributed by atoms with van der Waals surface area (Å²) < 4.78 is 0.498. The van der Waals surface area contributed by atoms with Crippen molar-refractivity contribution >= 4 is 34.8 Å². The topological polar surface area (TPSA) is 66.4 Å². The van der Waals surface area contributed by atoms with Gasteiger partial charge in [-0.2, -0.15) is 0 Å². The average Bonchev–Trinajstić information content (AvgIpc) is 2.51. The molecule has 14 heavy (non-hydrogen) atoms. The summed E-state index contributed by atoms with van der Waals surface area (Å²) in [5, 5.41) is 12.4. The maximum Gasteiger partial charge on any atom is 0.325 e. The largest absolute Gasteiger partial charge is 0.480 e. The van der Waals surface area contributed by atoms with Crippen molar-refractivity contribution < 1.29 is 14.7 Å². The molecule has 0 aliphatic carbocycles. The Morgan fingerprint density at radius 1 is 1.64 bits per heavy atom. The van der Waals surface area contributed by atoms with E-state index in [4.69, 9.17) is 16.7 Å². The second kappa shape index (κ2) is 4.43. The number of carbonyl (C=O) groups is 2. The second-order valence-corrected chi connectivity index (χ2v) is 4.22. The molecule has 1 atom stereocenters. The summed E-state index contributed by atoms with van der Waals surface area (Å²) in [4.78, 5) is 21.8. The van der Waals surface area contributed by atoms with Gasteiger partial charge in [0.05, 0.1) is 9.90 Å². The van der Waals surface area contributed by atoms with Gasteiger partial charge in [0.25, 0.3) is 5.91 Å². The molecule has 4 nitrogen and oxygen atoms in total. The highest BCUT2D eigenvalue weighted by Gasteiger charge is 2.15. The van der Waals surface area contributed by atoms with E-state index in [0.717, 1.165) is 0 Å². The number of hydrogen-bond donors (Lipinski definition) is 2. The number of thiophene rings is 1. The zero-order valence-electron chi connectivity index (χ0n) is 7.28. The van der Waals surface area contributed by atoms with E-state index in [9.17, 15) is 9.59 Å². The minimum atomic E-state index is -1.07. The van der Waals surface area contributed by atoms with Crippen LogP contribution in [-0.2, 0) is 4.79 Å². The number of rotatable bonds is 3. The smallest absolute Gasteiger partial charge is 0.325 e. The Morgan fingerprint density at radius 2 is 2.29 bits per heavy atom. The van der Waals surface area contributed by atoms with Gasteiger partial charge < -0.3 is 10.4 Å². The SMILES string of the molecule is C[C@@H](NC(=O)c1csc(Cl)c1)C(=O)O. The summed E-state index contributed by atoms with van der Waals surface area (Å²) in [5.41, 5.74) is 0.383. The van der Waals surface area contributed by atoms with Crippen molar-refractivity contribution in [2.75, 3.05) is 0 Å². The number of carbonyl (C=O) groups excluding carboxylic acids is 1. The fourth-order valence-electron chi connectivity index (χ4n) is 0.771. The van der Waals surface area contributed by atoms with Gasteiger partial charge in [0.1, 0.15) is 6.04 Å². The van der Waals surface area contributed by atoms with Crippen LogP contribution in [0.3, 0.4) is 0 Å². The first-order valence-electron chi connectivity index (χ1n) is 3.78. The fourth-order valence-corrected chi connectivity index (χ4v) is 1.63. The molecule has 6 heteroatoms. The van der Waals surface area contributed by atoms with Gasteiger partial charge >= 0.3 is 5.97 Å². The van der Waals surface area contributed by atoms with Gasteiger partial charge in [-0.15, -0.1) is 11.3 Å². The number of hydrogen-bond acceptors (Lipinski definition) is 3. The van der Waals surface area contributed by atoms with E-state index < -0.39 is 17.9 Å². The second-order valence-electron chi connectivity index (χ2n) is 2.67. The molecular weight excluding hydrogens is 226 g/mol. The van der Waals surface area contributed by atoms with E-state index in [1.807, 2.05) is 0 Å². The van der Waals surface area contributed by atoms with Crippen molar-refractivity contribution in [1.82, 2.24) is 5.32 Å². The Labute approximate surface area is 89.5 Å². The average molecular weight is 234 g/mol. The molecule has 1 rings (SSSR count). The Hall–Kier alpha value is -1.07. The predicted molar refractivity (Wildman–Crippen MR) is 53.9 cm³/mol. The molecule has 1 aromatic rings. The van der Waals surface area contributed by atoms with E-state index in [0.29, 0.717) is 9.90 Å². The van der Waals surface area contributed by atoms with Gasteiger partial charge in [-0.25, -0.2) is 0 Å². The van der Waals surface area contributed by atoms with E-state index in [-0.39, 0.29) is 0 Å². The van der Waals surface area contributed by atoms with Crippen LogP contribution in [-0.4, -0.2) is 23.0 Å². The summed E-state index contributed by atoms with van der Waals surface area (Å²) in [6.45, 7) is 1.40. The minimum absolute atomic E-state index is 0.383. The molecule has 0 radical (unpaired) electrons. The molecule has 1 amide bonds. The van der Waals surface area contributed by atoms with Crippen LogP contribution in [0.5, 0.6) is 0 Å². The van der Waals surface area contributed by atoms with Gasteiger partial charge in [0.2, 0.25) is 0 Å². The fraction of sp³-hybridized carbons (Fsp3) is 0.250. The van der Waals surface area contributed by atoms with Crippen LogP contribution in [0.15, 0.2) is 11.4 Å². The van der Waals surface area contributed by atoms with Crippen molar-refractivity contribution in [2.45, 2.75) is 13.0 Å². The van der Waals surface area contributed by atoms with Gasteiger partial charge in [-0.05, 0) is 13.0 Å². The molecule has 0 fully saturated rings. The highest BCUT2D eigenvalue weighted by molar-refractivity contribution is 7.14. The van der Waals surface area contributed by atoms with E-state index >= 15 is 0 Å². The van der Waals surface area contributed by atoms with Crippen LogP contribution in [0.4, 0.5) is 0 Å². The quantitative estimate of drug-likeness (QED) is 0.834. The molecule has 0 spiro atoms. The normalized spacial score (nSPS) is 12.1. The lowest BCUT2D eigenvalue weighted by molar-refractivity contribution is -0.138. The molecule has 0 unspecified atom stereocenters. The van der Waals surface area contributed by atoms with Gasteiger partial charge in [0, 0.05) is 5.38 Å². The number of carboxylic acids is 1. The summed E-state index contributed by atoms with van der Waals surface area (Å²) in [6, 6.07) is 0.594.